The molecule has 0 radical (unpaired) electrons. The topological polar surface area (TPSA) is 78.9 Å². The molecule has 1 saturated heterocycles. The molecule has 0 atom stereocenters. The van der Waals surface area contributed by atoms with Crippen molar-refractivity contribution in [2.24, 2.45) is 5.41 Å². The zero-order valence-corrected chi connectivity index (χ0v) is 16.1. The summed E-state index contributed by atoms with van der Waals surface area (Å²) in [4.78, 5) is 26.3. The number of aromatic hydroxyl groups is 1. The highest BCUT2D eigenvalue weighted by molar-refractivity contribution is 5.94. The summed E-state index contributed by atoms with van der Waals surface area (Å²) < 4.78 is 5.40. The van der Waals surface area contributed by atoms with Crippen LogP contribution in [0.2, 0.25) is 0 Å². The van der Waals surface area contributed by atoms with Crippen molar-refractivity contribution in [1.29, 1.82) is 0 Å². The van der Waals surface area contributed by atoms with Gasteiger partial charge in [-0.2, -0.15) is 0 Å². The lowest BCUT2D eigenvalue weighted by Gasteiger charge is -2.39. The summed E-state index contributed by atoms with van der Waals surface area (Å²) in [5, 5.41) is 12.3. The van der Waals surface area contributed by atoms with Crippen LogP contribution in [0.4, 0.5) is 4.79 Å². The molecular weight excluding hydrogens is 356 g/mol. The van der Waals surface area contributed by atoms with Crippen LogP contribution in [-0.4, -0.2) is 41.6 Å². The molecule has 1 aliphatic heterocycles. The molecule has 2 aromatic rings. The van der Waals surface area contributed by atoms with E-state index in [2.05, 4.69) is 12.2 Å². The van der Waals surface area contributed by atoms with Gasteiger partial charge in [0.05, 0.1) is 0 Å². The first kappa shape index (κ1) is 19.7. The summed E-state index contributed by atoms with van der Waals surface area (Å²) in [6.07, 6.45) is 1.30. The Bertz CT molecular complexity index is 797. The third kappa shape index (κ3) is 5.25. The molecule has 1 aliphatic rings. The number of rotatable bonds is 5. The van der Waals surface area contributed by atoms with E-state index >= 15 is 0 Å². The van der Waals surface area contributed by atoms with Crippen LogP contribution in [0.3, 0.4) is 0 Å². The van der Waals surface area contributed by atoms with E-state index in [1.54, 1.807) is 17.0 Å². The van der Waals surface area contributed by atoms with Crippen molar-refractivity contribution < 1.29 is 19.4 Å². The number of nitrogens with zero attached hydrogens (tertiary/aromatic N) is 1. The zero-order chi connectivity index (χ0) is 20.0. The van der Waals surface area contributed by atoms with Crippen LogP contribution in [0.15, 0.2) is 54.6 Å². The molecule has 3 rings (SSSR count). The van der Waals surface area contributed by atoms with Crippen molar-refractivity contribution in [2.75, 3.05) is 19.6 Å². The lowest BCUT2D eigenvalue weighted by atomic mass is 9.80. The van der Waals surface area contributed by atoms with E-state index in [-0.39, 0.29) is 29.8 Å². The van der Waals surface area contributed by atoms with Gasteiger partial charge in [-0.25, -0.2) is 4.79 Å². The SMILES string of the molecule is CC1(CNC(=O)c2ccc(O)cc2)CCN(C(=O)OCc2ccccc2)CC1. The zero-order valence-electron chi connectivity index (χ0n) is 16.1. The molecule has 0 spiro atoms. The van der Waals surface area contributed by atoms with E-state index < -0.39 is 0 Å². The number of phenols is 1. The van der Waals surface area contributed by atoms with Gasteiger partial charge in [-0.3, -0.25) is 4.79 Å². The van der Waals surface area contributed by atoms with Gasteiger partial charge in [0.25, 0.3) is 5.91 Å². The molecule has 1 heterocycles. The minimum Gasteiger partial charge on any atom is -0.508 e. The van der Waals surface area contributed by atoms with Crippen LogP contribution in [0, 0.1) is 5.41 Å². The van der Waals surface area contributed by atoms with Gasteiger partial charge >= 0.3 is 6.09 Å². The fraction of sp³-hybridized carbons (Fsp3) is 0.364. The standard InChI is InChI=1S/C22H26N2O4/c1-22(16-23-20(26)18-7-9-19(25)10-8-18)11-13-24(14-12-22)21(27)28-15-17-5-3-2-4-6-17/h2-10,25H,11-16H2,1H3,(H,23,26). The third-order valence-corrected chi connectivity index (χ3v) is 5.24. The molecule has 0 saturated carbocycles. The number of hydrogen-bond donors (Lipinski definition) is 2. The molecule has 0 unspecified atom stereocenters. The maximum Gasteiger partial charge on any atom is 0.410 e. The summed E-state index contributed by atoms with van der Waals surface area (Å²) in [6.45, 7) is 4.16. The first-order valence-electron chi connectivity index (χ1n) is 9.48. The number of nitrogens with one attached hydrogen (secondary N) is 1. The number of benzene rings is 2. The first-order chi connectivity index (χ1) is 13.5. The molecule has 0 aromatic heterocycles. The quantitative estimate of drug-likeness (QED) is 0.829. The molecule has 0 bridgehead atoms. The summed E-state index contributed by atoms with van der Waals surface area (Å²) in [7, 11) is 0. The van der Waals surface area contributed by atoms with Crippen molar-refractivity contribution in [3.8, 4) is 5.75 Å². The van der Waals surface area contributed by atoms with Gasteiger partial charge in [-0.1, -0.05) is 37.3 Å². The van der Waals surface area contributed by atoms with Gasteiger partial charge in [0.15, 0.2) is 0 Å². The van der Waals surface area contributed by atoms with Crippen molar-refractivity contribution in [2.45, 2.75) is 26.4 Å². The molecule has 2 aromatic carbocycles. The smallest absolute Gasteiger partial charge is 0.410 e. The van der Waals surface area contributed by atoms with Crippen molar-refractivity contribution in [3.63, 3.8) is 0 Å². The Morgan fingerprint density at radius 2 is 1.71 bits per heavy atom. The summed E-state index contributed by atoms with van der Waals surface area (Å²) in [6, 6.07) is 15.8. The first-order valence-corrected chi connectivity index (χ1v) is 9.48. The Hall–Kier alpha value is -3.02. The van der Waals surface area contributed by atoms with Gasteiger partial charge in [0, 0.05) is 25.2 Å². The highest BCUT2D eigenvalue weighted by Gasteiger charge is 2.32. The van der Waals surface area contributed by atoms with E-state index in [0.717, 1.165) is 18.4 Å². The number of ether oxygens (including phenoxy) is 1. The maximum absolute atomic E-state index is 12.3. The van der Waals surface area contributed by atoms with Crippen LogP contribution < -0.4 is 5.32 Å². The van der Waals surface area contributed by atoms with Gasteiger partial charge < -0.3 is 20.1 Å². The third-order valence-electron chi connectivity index (χ3n) is 5.24. The number of carbonyl (C=O) groups excluding carboxylic acids is 2. The minimum absolute atomic E-state index is 0.0667. The number of hydrogen-bond acceptors (Lipinski definition) is 4. The molecule has 148 valence electrons. The average Bonchev–Trinajstić information content (AvgIpc) is 2.72. The Morgan fingerprint density at radius 1 is 1.07 bits per heavy atom. The average molecular weight is 382 g/mol. The molecule has 2 amide bonds. The normalized spacial score (nSPS) is 15.7. The molecule has 6 heteroatoms. The van der Waals surface area contributed by atoms with E-state index in [1.807, 2.05) is 30.3 Å². The Kier molecular flexibility index (Phi) is 6.19. The molecule has 2 N–H and O–H groups in total. The predicted molar refractivity (Wildman–Crippen MR) is 106 cm³/mol. The molecule has 0 aliphatic carbocycles. The molecule has 1 fully saturated rings. The number of carbonyl (C=O) groups is 2. The fourth-order valence-electron chi connectivity index (χ4n) is 3.23. The monoisotopic (exact) mass is 382 g/mol. The number of likely N-dealkylation sites (tertiary alicyclic amines) is 1. The van der Waals surface area contributed by atoms with Gasteiger partial charge in [-0.05, 0) is 48.1 Å². The van der Waals surface area contributed by atoms with E-state index in [0.29, 0.717) is 25.2 Å². The van der Waals surface area contributed by atoms with E-state index in [9.17, 15) is 14.7 Å². The van der Waals surface area contributed by atoms with Crippen molar-refractivity contribution >= 4 is 12.0 Å². The second-order valence-corrected chi connectivity index (χ2v) is 7.57. The van der Waals surface area contributed by atoms with Crippen LogP contribution in [0.25, 0.3) is 0 Å². The summed E-state index contributed by atoms with van der Waals surface area (Å²) in [5.74, 6) is -0.0269. The molecule has 6 nitrogen and oxygen atoms in total. The van der Waals surface area contributed by atoms with Gasteiger partial charge in [0.2, 0.25) is 0 Å². The molecule has 28 heavy (non-hydrogen) atoms. The van der Waals surface area contributed by atoms with Crippen molar-refractivity contribution in [1.82, 2.24) is 10.2 Å². The van der Waals surface area contributed by atoms with Gasteiger partial charge in [-0.15, -0.1) is 0 Å². The number of phenolic OH excluding ortho intramolecular Hbond substituents is 1. The van der Waals surface area contributed by atoms with Gasteiger partial charge in [0.1, 0.15) is 12.4 Å². The number of piperidine rings is 1. The highest BCUT2D eigenvalue weighted by atomic mass is 16.6. The van der Waals surface area contributed by atoms with Crippen molar-refractivity contribution in [3.05, 3.63) is 65.7 Å². The Labute approximate surface area is 165 Å². The maximum atomic E-state index is 12.3. The lowest BCUT2D eigenvalue weighted by Crippen LogP contribution is -2.46. The van der Waals surface area contributed by atoms with Crippen LogP contribution >= 0.6 is 0 Å². The van der Waals surface area contributed by atoms with Crippen LogP contribution in [0.5, 0.6) is 5.75 Å². The highest BCUT2D eigenvalue weighted by Crippen LogP contribution is 2.30. The lowest BCUT2D eigenvalue weighted by molar-refractivity contribution is 0.0638. The minimum atomic E-state index is -0.293. The van der Waals surface area contributed by atoms with Crippen LogP contribution in [0.1, 0.15) is 35.7 Å². The predicted octanol–water partition coefficient (Wildman–Crippen LogP) is 3.56. The van der Waals surface area contributed by atoms with E-state index in [1.165, 1.54) is 12.1 Å². The summed E-state index contributed by atoms with van der Waals surface area (Å²) in [5.41, 5.74) is 1.42. The second-order valence-electron chi connectivity index (χ2n) is 7.57. The van der Waals surface area contributed by atoms with E-state index in [4.69, 9.17) is 4.74 Å². The Balaban J connectivity index is 1.43. The number of amides is 2. The Morgan fingerprint density at radius 3 is 2.36 bits per heavy atom. The second kappa shape index (κ2) is 8.78. The largest absolute Gasteiger partial charge is 0.508 e. The van der Waals surface area contributed by atoms with Crippen LogP contribution in [-0.2, 0) is 11.3 Å². The molecular formula is C22H26N2O4. The summed E-state index contributed by atoms with van der Waals surface area (Å²) >= 11 is 0. The fourth-order valence-corrected chi connectivity index (χ4v) is 3.23.